The van der Waals surface area contributed by atoms with Crippen LogP contribution in [0.4, 0.5) is 0 Å². The van der Waals surface area contributed by atoms with Gasteiger partial charge in [-0.2, -0.15) is 0 Å². The average molecular weight is 242 g/mol. The van der Waals surface area contributed by atoms with E-state index >= 15 is 0 Å². The molecule has 0 atom stereocenters. The summed E-state index contributed by atoms with van der Waals surface area (Å²) in [5.74, 6) is -0.545. The van der Waals surface area contributed by atoms with E-state index in [1.54, 1.807) is 13.0 Å². The summed E-state index contributed by atoms with van der Waals surface area (Å²) >= 11 is 0. The Morgan fingerprint density at radius 2 is 2.00 bits per heavy atom. The minimum atomic E-state index is -0.904. The summed E-state index contributed by atoms with van der Waals surface area (Å²) in [7, 11) is 0. The zero-order chi connectivity index (χ0) is 13.3. The van der Waals surface area contributed by atoms with Crippen LogP contribution < -0.4 is 10.6 Å². The van der Waals surface area contributed by atoms with Crippen molar-refractivity contribution in [2.45, 2.75) is 27.2 Å². The van der Waals surface area contributed by atoms with Gasteiger partial charge in [-0.3, -0.25) is 4.79 Å². The average Bonchev–Trinajstić information content (AvgIpc) is 2.25. The molecule has 0 aromatic carbocycles. The van der Waals surface area contributed by atoms with Crippen molar-refractivity contribution in [2.75, 3.05) is 19.6 Å². The van der Waals surface area contributed by atoms with E-state index in [-0.39, 0.29) is 12.5 Å². The van der Waals surface area contributed by atoms with Crippen molar-refractivity contribution >= 4 is 11.9 Å². The molecule has 5 nitrogen and oxygen atoms in total. The third-order valence-corrected chi connectivity index (χ3v) is 2.14. The predicted octanol–water partition coefficient (Wildman–Crippen LogP) is 0.769. The van der Waals surface area contributed by atoms with Crippen LogP contribution in [0.1, 0.15) is 27.2 Å². The van der Waals surface area contributed by atoms with Gasteiger partial charge >= 0.3 is 5.97 Å². The Bertz CT molecular complexity index is 285. The number of nitrogens with one attached hydrogen (secondary N) is 2. The van der Waals surface area contributed by atoms with Gasteiger partial charge in [-0.25, -0.2) is 4.79 Å². The van der Waals surface area contributed by atoms with Crippen LogP contribution in [-0.4, -0.2) is 36.6 Å². The Hall–Kier alpha value is -1.36. The van der Waals surface area contributed by atoms with Crippen LogP contribution in [0.5, 0.6) is 0 Å². The number of hydrogen-bond acceptors (Lipinski definition) is 3. The Balaban J connectivity index is 3.76. The van der Waals surface area contributed by atoms with Gasteiger partial charge in [-0.15, -0.1) is 0 Å². The molecule has 5 heteroatoms. The fourth-order valence-corrected chi connectivity index (χ4v) is 1.14. The molecule has 0 aromatic rings. The van der Waals surface area contributed by atoms with Gasteiger partial charge in [0, 0.05) is 18.7 Å². The molecule has 0 saturated heterocycles. The van der Waals surface area contributed by atoms with E-state index in [9.17, 15) is 9.59 Å². The lowest BCUT2D eigenvalue weighted by Gasteiger charge is -2.07. The molecular weight excluding hydrogens is 220 g/mol. The molecule has 0 aliphatic rings. The minimum Gasteiger partial charge on any atom is -0.478 e. The molecule has 0 aliphatic carbocycles. The number of rotatable bonds is 8. The number of carboxylic acid groups (broad SMARTS) is 1. The molecular formula is C12H22N2O3. The lowest BCUT2D eigenvalue weighted by Crippen LogP contribution is -2.35. The summed E-state index contributed by atoms with van der Waals surface area (Å²) in [6, 6.07) is 0. The first kappa shape index (κ1) is 15.6. The van der Waals surface area contributed by atoms with E-state index in [0.29, 0.717) is 31.0 Å². The summed E-state index contributed by atoms with van der Waals surface area (Å²) < 4.78 is 0. The standard InChI is InChI=1S/C12H22N2O3/c1-4-10(12(16)17)5-6-13-8-11(15)14-7-9(2)3/h5,9,13H,4,6-8H2,1-3H3,(H,14,15)(H,16,17). The van der Waals surface area contributed by atoms with E-state index < -0.39 is 5.97 Å². The molecule has 0 aromatic heterocycles. The molecule has 0 fully saturated rings. The van der Waals surface area contributed by atoms with E-state index in [1.807, 2.05) is 13.8 Å². The number of carbonyl (C=O) groups is 2. The minimum absolute atomic E-state index is 0.0690. The summed E-state index contributed by atoms with van der Waals surface area (Å²) in [5, 5.41) is 14.4. The predicted molar refractivity (Wildman–Crippen MR) is 66.7 cm³/mol. The summed E-state index contributed by atoms with van der Waals surface area (Å²) in [4.78, 5) is 21.9. The van der Waals surface area contributed by atoms with Crippen molar-refractivity contribution in [1.29, 1.82) is 0 Å². The van der Waals surface area contributed by atoms with Crippen LogP contribution in [0, 0.1) is 5.92 Å². The van der Waals surface area contributed by atoms with Gasteiger partial charge in [0.1, 0.15) is 0 Å². The Morgan fingerprint density at radius 3 is 2.47 bits per heavy atom. The molecule has 0 saturated carbocycles. The number of carboxylic acids is 1. The Morgan fingerprint density at radius 1 is 1.35 bits per heavy atom. The second kappa shape index (κ2) is 8.75. The summed E-state index contributed by atoms with van der Waals surface area (Å²) in [6.07, 6.45) is 2.08. The topological polar surface area (TPSA) is 78.4 Å². The van der Waals surface area contributed by atoms with Crippen LogP contribution in [-0.2, 0) is 9.59 Å². The van der Waals surface area contributed by atoms with Crippen molar-refractivity contribution in [1.82, 2.24) is 10.6 Å². The van der Waals surface area contributed by atoms with E-state index in [4.69, 9.17) is 5.11 Å². The van der Waals surface area contributed by atoms with E-state index in [0.717, 1.165) is 0 Å². The summed E-state index contributed by atoms with van der Waals surface area (Å²) in [5.41, 5.74) is 0.361. The molecule has 0 rings (SSSR count). The number of hydrogen-bond donors (Lipinski definition) is 3. The van der Waals surface area contributed by atoms with Gasteiger partial charge in [-0.05, 0) is 12.3 Å². The van der Waals surface area contributed by atoms with Crippen LogP contribution in [0.15, 0.2) is 11.6 Å². The van der Waals surface area contributed by atoms with Gasteiger partial charge in [0.2, 0.25) is 5.91 Å². The molecule has 3 N–H and O–H groups in total. The maximum absolute atomic E-state index is 11.3. The molecule has 0 unspecified atom stereocenters. The first-order valence-electron chi connectivity index (χ1n) is 5.87. The number of carbonyl (C=O) groups excluding carboxylic acids is 1. The molecule has 98 valence electrons. The van der Waals surface area contributed by atoms with Gasteiger partial charge in [0.25, 0.3) is 0 Å². The second-order valence-electron chi connectivity index (χ2n) is 4.22. The largest absolute Gasteiger partial charge is 0.478 e. The first-order chi connectivity index (χ1) is 7.97. The fourth-order valence-electron chi connectivity index (χ4n) is 1.14. The van der Waals surface area contributed by atoms with Crippen molar-refractivity contribution in [3.05, 3.63) is 11.6 Å². The highest BCUT2D eigenvalue weighted by atomic mass is 16.4. The second-order valence-corrected chi connectivity index (χ2v) is 4.22. The van der Waals surface area contributed by atoms with Crippen molar-refractivity contribution < 1.29 is 14.7 Å². The van der Waals surface area contributed by atoms with Gasteiger partial charge in [-0.1, -0.05) is 26.8 Å². The van der Waals surface area contributed by atoms with Gasteiger partial charge in [0.15, 0.2) is 0 Å². The van der Waals surface area contributed by atoms with Crippen LogP contribution >= 0.6 is 0 Å². The van der Waals surface area contributed by atoms with Crippen molar-refractivity contribution in [3.63, 3.8) is 0 Å². The Kier molecular flexibility index (Phi) is 8.05. The van der Waals surface area contributed by atoms with Crippen molar-refractivity contribution in [3.8, 4) is 0 Å². The highest BCUT2D eigenvalue weighted by Gasteiger charge is 2.04. The highest BCUT2D eigenvalue weighted by Crippen LogP contribution is 1.98. The van der Waals surface area contributed by atoms with E-state index in [1.165, 1.54) is 0 Å². The molecule has 0 heterocycles. The number of amides is 1. The fraction of sp³-hybridized carbons (Fsp3) is 0.667. The smallest absolute Gasteiger partial charge is 0.331 e. The monoisotopic (exact) mass is 242 g/mol. The maximum Gasteiger partial charge on any atom is 0.331 e. The molecule has 0 bridgehead atoms. The quantitative estimate of drug-likeness (QED) is 0.434. The molecule has 0 radical (unpaired) electrons. The summed E-state index contributed by atoms with van der Waals surface area (Å²) in [6.45, 7) is 7.10. The lowest BCUT2D eigenvalue weighted by molar-refractivity contribution is -0.132. The van der Waals surface area contributed by atoms with E-state index in [2.05, 4.69) is 10.6 Å². The zero-order valence-electron chi connectivity index (χ0n) is 10.7. The lowest BCUT2D eigenvalue weighted by atomic mass is 10.2. The number of aliphatic carboxylic acids is 1. The molecule has 17 heavy (non-hydrogen) atoms. The van der Waals surface area contributed by atoms with Crippen LogP contribution in [0.3, 0.4) is 0 Å². The van der Waals surface area contributed by atoms with Gasteiger partial charge in [0.05, 0.1) is 6.54 Å². The SMILES string of the molecule is CCC(=CCNCC(=O)NCC(C)C)C(=O)O. The van der Waals surface area contributed by atoms with Gasteiger partial charge < -0.3 is 15.7 Å². The third kappa shape index (κ3) is 8.45. The third-order valence-electron chi connectivity index (χ3n) is 2.14. The van der Waals surface area contributed by atoms with Crippen LogP contribution in [0.25, 0.3) is 0 Å². The first-order valence-corrected chi connectivity index (χ1v) is 5.87. The Labute approximate surface area is 102 Å². The zero-order valence-corrected chi connectivity index (χ0v) is 10.7. The molecule has 1 amide bonds. The maximum atomic E-state index is 11.3. The van der Waals surface area contributed by atoms with Crippen molar-refractivity contribution in [2.24, 2.45) is 5.92 Å². The van der Waals surface area contributed by atoms with Crippen LogP contribution in [0.2, 0.25) is 0 Å². The molecule has 0 aliphatic heterocycles. The molecule has 0 spiro atoms. The highest BCUT2D eigenvalue weighted by molar-refractivity contribution is 5.86. The normalized spacial score (nSPS) is 11.6.